The van der Waals surface area contributed by atoms with Crippen LogP contribution in [0.1, 0.15) is 22.6 Å². The summed E-state index contributed by atoms with van der Waals surface area (Å²) >= 11 is 1.66. The molecule has 17 heavy (non-hydrogen) atoms. The van der Waals surface area contributed by atoms with Crippen molar-refractivity contribution in [3.05, 3.63) is 51.7 Å². The molecule has 0 amide bonds. The zero-order chi connectivity index (χ0) is 11.9. The highest BCUT2D eigenvalue weighted by molar-refractivity contribution is 7.09. The molecule has 2 aromatic rings. The van der Waals surface area contributed by atoms with Gasteiger partial charge in [0, 0.05) is 16.8 Å². The van der Waals surface area contributed by atoms with E-state index in [9.17, 15) is 4.39 Å². The van der Waals surface area contributed by atoms with Crippen LogP contribution in [0.5, 0.6) is 0 Å². The van der Waals surface area contributed by atoms with Crippen LogP contribution in [0.4, 0.5) is 4.39 Å². The quantitative estimate of drug-likeness (QED) is 0.842. The Morgan fingerprint density at radius 2 is 2.06 bits per heavy atom. The first-order valence-electron chi connectivity index (χ1n) is 5.63. The van der Waals surface area contributed by atoms with Crippen molar-refractivity contribution in [1.82, 2.24) is 4.98 Å². The largest absolute Gasteiger partial charge is 0.321 e. The SMILES string of the molecule is NC1(c2ccc(F)cc2)CCc2ncsc2C1. The van der Waals surface area contributed by atoms with Crippen molar-refractivity contribution in [2.45, 2.75) is 24.8 Å². The van der Waals surface area contributed by atoms with E-state index in [2.05, 4.69) is 4.98 Å². The molecule has 4 heteroatoms. The van der Waals surface area contributed by atoms with Crippen molar-refractivity contribution >= 4 is 11.3 Å². The molecule has 2 nitrogen and oxygen atoms in total. The smallest absolute Gasteiger partial charge is 0.123 e. The predicted molar refractivity (Wildman–Crippen MR) is 66.4 cm³/mol. The van der Waals surface area contributed by atoms with Crippen LogP contribution in [-0.4, -0.2) is 4.98 Å². The number of nitrogens with two attached hydrogens (primary N) is 1. The molecular formula is C13H13FN2S. The molecule has 1 atom stereocenters. The Hall–Kier alpha value is -1.26. The summed E-state index contributed by atoms with van der Waals surface area (Å²) in [7, 11) is 0. The van der Waals surface area contributed by atoms with E-state index in [0.717, 1.165) is 24.8 Å². The number of halogens is 1. The van der Waals surface area contributed by atoms with Gasteiger partial charge in [0.25, 0.3) is 0 Å². The molecule has 1 aliphatic carbocycles. The molecule has 0 aliphatic heterocycles. The van der Waals surface area contributed by atoms with Gasteiger partial charge >= 0.3 is 0 Å². The average Bonchev–Trinajstić information content (AvgIpc) is 2.76. The maximum atomic E-state index is 12.9. The van der Waals surface area contributed by atoms with Gasteiger partial charge in [-0.15, -0.1) is 11.3 Å². The van der Waals surface area contributed by atoms with Crippen LogP contribution in [0.3, 0.4) is 0 Å². The van der Waals surface area contributed by atoms with Crippen LogP contribution < -0.4 is 5.73 Å². The summed E-state index contributed by atoms with van der Waals surface area (Å²) in [6, 6.07) is 6.54. The van der Waals surface area contributed by atoms with Gasteiger partial charge in [0.05, 0.1) is 11.2 Å². The Morgan fingerprint density at radius 3 is 2.82 bits per heavy atom. The minimum absolute atomic E-state index is 0.216. The lowest BCUT2D eigenvalue weighted by atomic mass is 9.79. The van der Waals surface area contributed by atoms with Gasteiger partial charge in [-0.3, -0.25) is 0 Å². The zero-order valence-electron chi connectivity index (χ0n) is 9.32. The first-order chi connectivity index (χ1) is 8.17. The standard InChI is InChI=1S/C13H13FN2S/c14-10-3-1-9(2-4-10)13(15)6-5-11-12(7-13)17-8-16-11/h1-4,8H,5-7,15H2. The lowest BCUT2D eigenvalue weighted by Crippen LogP contribution is -2.41. The molecular weight excluding hydrogens is 235 g/mol. The first kappa shape index (κ1) is 10.9. The summed E-state index contributed by atoms with van der Waals surface area (Å²) in [6.07, 6.45) is 2.58. The minimum atomic E-state index is -0.368. The Balaban J connectivity index is 1.95. The van der Waals surface area contributed by atoms with E-state index in [-0.39, 0.29) is 11.4 Å². The lowest BCUT2D eigenvalue weighted by molar-refractivity contribution is 0.386. The molecule has 1 unspecified atom stereocenters. The van der Waals surface area contributed by atoms with Gasteiger partial charge in [0.15, 0.2) is 0 Å². The highest BCUT2D eigenvalue weighted by atomic mass is 32.1. The van der Waals surface area contributed by atoms with Crippen molar-refractivity contribution in [2.75, 3.05) is 0 Å². The van der Waals surface area contributed by atoms with E-state index < -0.39 is 0 Å². The normalized spacial score (nSPS) is 23.4. The Kier molecular flexibility index (Phi) is 2.49. The van der Waals surface area contributed by atoms with Crippen molar-refractivity contribution in [2.24, 2.45) is 5.73 Å². The number of aromatic nitrogens is 1. The summed E-state index contributed by atoms with van der Waals surface area (Å²) in [4.78, 5) is 5.60. The van der Waals surface area contributed by atoms with Crippen molar-refractivity contribution in [3.8, 4) is 0 Å². The van der Waals surface area contributed by atoms with Gasteiger partial charge < -0.3 is 5.73 Å². The van der Waals surface area contributed by atoms with Gasteiger partial charge in [-0.25, -0.2) is 9.37 Å². The molecule has 2 N–H and O–H groups in total. The number of benzene rings is 1. The van der Waals surface area contributed by atoms with Gasteiger partial charge in [0.2, 0.25) is 0 Å². The molecule has 1 aromatic carbocycles. The van der Waals surface area contributed by atoms with E-state index in [0.29, 0.717) is 0 Å². The molecule has 1 heterocycles. The van der Waals surface area contributed by atoms with E-state index in [4.69, 9.17) is 5.73 Å². The van der Waals surface area contributed by atoms with E-state index >= 15 is 0 Å². The van der Waals surface area contributed by atoms with Crippen molar-refractivity contribution in [1.29, 1.82) is 0 Å². The molecule has 0 spiro atoms. The average molecular weight is 248 g/mol. The van der Waals surface area contributed by atoms with Crippen LogP contribution in [-0.2, 0) is 18.4 Å². The molecule has 0 radical (unpaired) electrons. The summed E-state index contributed by atoms with van der Waals surface area (Å²) < 4.78 is 12.9. The Labute approximate surface area is 103 Å². The fourth-order valence-electron chi connectivity index (χ4n) is 2.39. The molecule has 1 aromatic heterocycles. The summed E-state index contributed by atoms with van der Waals surface area (Å²) in [5, 5.41) is 0. The third kappa shape index (κ3) is 1.87. The molecule has 3 rings (SSSR count). The van der Waals surface area contributed by atoms with Crippen molar-refractivity contribution < 1.29 is 4.39 Å². The number of aryl methyl sites for hydroxylation is 1. The topological polar surface area (TPSA) is 38.9 Å². The Morgan fingerprint density at radius 1 is 1.29 bits per heavy atom. The number of hydrogen-bond acceptors (Lipinski definition) is 3. The highest BCUT2D eigenvalue weighted by Gasteiger charge is 2.33. The second-order valence-corrected chi connectivity index (χ2v) is 5.50. The van der Waals surface area contributed by atoms with Gasteiger partial charge in [-0.05, 0) is 30.5 Å². The van der Waals surface area contributed by atoms with Crippen LogP contribution >= 0.6 is 11.3 Å². The van der Waals surface area contributed by atoms with Crippen LogP contribution in [0.25, 0.3) is 0 Å². The molecule has 0 fully saturated rings. The first-order valence-corrected chi connectivity index (χ1v) is 6.51. The van der Waals surface area contributed by atoms with Crippen LogP contribution in [0.2, 0.25) is 0 Å². The summed E-state index contributed by atoms with van der Waals surface area (Å²) in [6.45, 7) is 0. The second-order valence-electron chi connectivity index (χ2n) is 4.56. The maximum absolute atomic E-state index is 12.9. The monoisotopic (exact) mass is 248 g/mol. The third-order valence-corrected chi connectivity index (χ3v) is 4.30. The van der Waals surface area contributed by atoms with Crippen LogP contribution in [0, 0.1) is 5.82 Å². The van der Waals surface area contributed by atoms with E-state index in [1.54, 1.807) is 23.5 Å². The molecule has 0 saturated heterocycles. The minimum Gasteiger partial charge on any atom is -0.321 e. The van der Waals surface area contributed by atoms with E-state index in [1.165, 1.54) is 22.7 Å². The summed E-state index contributed by atoms with van der Waals surface area (Å²) in [5.74, 6) is -0.216. The Bertz CT molecular complexity index is 535. The van der Waals surface area contributed by atoms with Gasteiger partial charge in [-0.1, -0.05) is 12.1 Å². The highest BCUT2D eigenvalue weighted by Crippen LogP contribution is 2.35. The molecule has 1 aliphatic rings. The fraction of sp³-hybridized carbons (Fsp3) is 0.308. The summed E-state index contributed by atoms with van der Waals surface area (Å²) in [5.41, 5.74) is 10.2. The van der Waals surface area contributed by atoms with Gasteiger partial charge in [0.1, 0.15) is 5.82 Å². The number of fused-ring (bicyclic) bond motifs is 1. The molecule has 0 saturated carbocycles. The van der Waals surface area contributed by atoms with Crippen LogP contribution in [0.15, 0.2) is 29.8 Å². The zero-order valence-corrected chi connectivity index (χ0v) is 10.1. The predicted octanol–water partition coefficient (Wildman–Crippen LogP) is 2.63. The third-order valence-electron chi connectivity index (χ3n) is 3.43. The van der Waals surface area contributed by atoms with E-state index in [1.807, 2.05) is 5.51 Å². The maximum Gasteiger partial charge on any atom is 0.123 e. The number of hydrogen-bond donors (Lipinski definition) is 1. The fourth-order valence-corrected chi connectivity index (χ4v) is 3.32. The van der Waals surface area contributed by atoms with Crippen molar-refractivity contribution in [3.63, 3.8) is 0 Å². The second kappa shape index (κ2) is 3.89. The lowest BCUT2D eigenvalue weighted by Gasteiger charge is -2.33. The number of thiazole rings is 1. The number of rotatable bonds is 1. The number of nitrogens with zero attached hydrogens (tertiary/aromatic N) is 1. The molecule has 88 valence electrons. The van der Waals surface area contributed by atoms with Gasteiger partial charge in [-0.2, -0.15) is 0 Å². The molecule has 0 bridgehead atoms.